The molecule has 0 saturated heterocycles. The molecule has 3 rings (SSSR count). The SMILES string of the molecule is Cc1nc2cc(N)ccc2n1C(C)c1ccccc1Cl. The highest BCUT2D eigenvalue weighted by Crippen LogP contribution is 2.30. The van der Waals surface area contributed by atoms with Gasteiger partial charge in [-0.1, -0.05) is 29.8 Å². The van der Waals surface area contributed by atoms with E-state index in [0.29, 0.717) is 0 Å². The van der Waals surface area contributed by atoms with Gasteiger partial charge in [0.2, 0.25) is 0 Å². The topological polar surface area (TPSA) is 43.8 Å². The molecule has 1 unspecified atom stereocenters. The lowest BCUT2D eigenvalue weighted by atomic mass is 10.1. The number of benzene rings is 2. The minimum absolute atomic E-state index is 0.123. The van der Waals surface area contributed by atoms with Crippen LogP contribution in [0.15, 0.2) is 42.5 Å². The van der Waals surface area contributed by atoms with Crippen molar-refractivity contribution in [2.75, 3.05) is 5.73 Å². The first kappa shape index (κ1) is 13.0. The molecule has 2 N–H and O–H groups in total. The van der Waals surface area contributed by atoms with E-state index < -0.39 is 0 Å². The maximum Gasteiger partial charge on any atom is 0.107 e. The zero-order valence-corrected chi connectivity index (χ0v) is 12.2. The fourth-order valence-corrected chi connectivity index (χ4v) is 2.97. The van der Waals surface area contributed by atoms with Gasteiger partial charge in [0.25, 0.3) is 0 Å². The summed E-state index contributed by atoms with van der Waals surface area (Å²) in [7, 11) is 0. The van der Waals surface area contributed by atoms with E-state index in [1.807, 2.05) is 43.3 Å². The smallest absolute Gasteiger partial charge is 0.107 e. The van der Waals surface area contributed by atoms with Crippen LogP contribution < -0.4 is 5.73 Å². The van der Waals surface area contributed by atoms with Crippen LogP contribution in [0.1, 0.15) is 24.4 Å². The van der Waals surface area contributed by atoms with Gasteiger partial charge in [-0.05, 0) is 43.7 Å². The summed E-state index contributed by atoms with van der Waals surface area (Å²) in [5.74, 6) is 0.956. The van der Waals surface area contributed by atoms with Gasteiger partial charge >= 0.3 is 0 Å². The molecule has 0 aliphatic rings. The van der Waals surface area contributed by atoms with Crippen molar-refractivity contribution in [2.45, 2.75) is 19.9 Å². The van der Waals surface area contributed by atoms with Crippen LogP contribution in [-0.4, -0.2) is 9.55 Å². The second-order valence-electron chi connectivity index (χ2n) is 4.97. The number of fused-ring (bicyclic) bond motifs is 1. The van der Waals surface area contributed by atoms with Crippen LogP contribution in [0.5, 0.6) is 0 Å². The first-order valence-corrected chi connectivity index (χ1v) is 6.94. The van der Waals surface area contributed by atoms with Crippen LogP contribution in [0.25, 0.3) is 11.0 Å². The Morgan fingerprint density at radius 1 is 1.20 bits per heavy atom. The number of hydrogen-bond donors (Lipinski definition) is 1. The number of nitrogen functional groups attached to an aromatic ring is 1. The van der Waals surface area contributed by atoms with Crippen LogP contribution in [0.4, 0.5) is 5.69 Å². The maximum absolute atomic E-state index is 6.31. The van der Waals surface area contributed by atoms with Crippen LogP contribution in [0, 0.1) is 6.92 Å². The van der Waals surface area contributed by atoms with Crippen molar-refractivity contribution in [3.63, 3.8) is 0 Å². The van der Waals surface area contributed by atoms with E-state index in [-0.39, 0.29) is 6.04 Å². The molecule has 1 aromatic heterocycles. The maximum atomic E-state index is 6.31. The van der Waals surface area contributed by atoms with Gasteiger partial charge in [-0.3, -0.25) is 0 Å². The van der Waals surface area contributed by atoms with Gasteiger partial charge < -0.3 is 10.3 Å². The van der Waals surface area contributed by atoms with Gasteiger partial charge in [-0.15, -0.1) is 0 Å². The summed E-state index contributed by atoms with van der Waals surface area (Å²) in [4.78, 5) is 4.59. The number of rotatable bonds is 2. The average molecular weight is 286 g/mol. The van der Waals surface area contributed by atoms with Gasteiger partial charge in [0, 0.05) is 10.7 Å². The third kappa shape index (κ3) is 2.04. The minimum atomic E-state index is 0.123. The normalized spacial score (nSPS) is 12.8. The van der Waals surface area contributed by atoms with Crippen molar-refractivity contribution >= 4 is 28.3 Å². The predicted octanol–water partition coefficient (Wildman–Crippen LogP) is 4.19. The predicted molar refractivity (Wildman–Crippen MR) is 84.1 cm³/mol. The number of imidazole rings is 1. The summed E-state index contributed by atoms with van der Waals surface area (Å²) < 4.78 is 2.19. The standard InChI is InChI=1S/C16H16ClN3/c1-10(13-5-3-4-6-14(13)17)20-11(2)19-15-9-12(18)7-8-16(15)20/h3-10H,18H2,1-2H3. The van der Waals surface area contributed by atoms with E-state index in [0.717, 1.165) is 33.1 Å². The van der Waals surface area contributed by atoms with E-state index in [1.165, 1.54) is 0 Å². The molecule has 102 valence electrons. The van der Waals surface area contributed by atoms with Crippen molar-refractivity contribution in [2.24, 2.45) is 0 Å². The van der Waals surface area contributed by atoms with Crippen LogP contribution in [0.2, 0.25) is 5.02 Å². The molecule has 0 radical (unpaired) electrons. The van der Waals surface area contributed by atoms with Gasteiger partial charge in [-0.25, -0.2) is 4.98 Å². The third-order valence-electron chi connectivity index (χ3n) is 3.63. The van der Waals surface area contributed by atoms with E-state index in [4.69, 9.17) is 17.3 Å². The molecular formula is C16H16ClN3. The molecule has 0 spiro atoms. The monoisotopic (exact) mass is 285 g/mol. The van der Waals surface area contributed by atoms with Gasteiger partial charge in [0.15, 0.2) is 0 Å². The number of anilines is 1. The highest BCUT2D eigenvalue weighted by Gasteiger charge is 2.16. The Kier molecular flexibility index (Phi) is 3.14. The van der Waals surface area contributed by atoms with Gasteiger partial charge in [0.1, 0.15) is 5.82 Å². The highest BCUT2D eigenvalue weighted by atomic mass is 35.5. The van der Waals surface area contributed by atoms with Crippen molar-refractivity contribution < 1.29 is 0 Å². The molecule has 0 aliphatic carbocycles. The quantitative estimate of drug-likeness (QED) is 0.718. The number of nitrogens with zero attached hydrogens (tertiary/aromatic N) is 2. The molecule has 3 aromatic rings. The first-order valence-electron chi connectivity index (χ1n) is 6.56. The summed E-state index contributed by atoms with van der Waals surface area (Å²) in [5, 5.41) is 0.775. The Labute approximate surface area is 123 Å². The van der Waals surface area contributed by atoms with Crippen molar-refractivity contribution in [3.8, 4) is 0 Å². The number of halogens is 1. The lowest BCUT2D eigenvalue weighted by Gasteiger charge is -2.18. The van der Waals surface area contributed by atoms with Crippen LogP contribution >= 0.6 is 11.6 Å². The van der Waals surface area contributed by atoms with Gasteiger partial charge in [-0.2, -0.15) is 0 Å². The molecule has 0 aliphatic heterocycles. The average Bonchev–Trinajstić information content (AvgIpc) is 2.73. The summed E-state index contributed by atoms with van der Waals surface area (Å²) in [5.41, 5.74) is 9.64. The minimum Gasteiger partial charge on any atom is -0.399 e. The highest BCUT2D eigenvalue weighted by molar-refractivity contribution is 6.31. The fraction of sp³-hybridized carbons (Fsp3) is 0.188. The Morgan fingerprint density at radius 3 is 2.70 bits per heavy atom. The number of aromatic nitrogens is 2. The fourth-order valence-electron chi connectivity index (χ4n) is 2.68. The molecule has 3 nitrogen and oxygen atoms in total. The molecule has 4 heteroatoms. The molecule has 0 amide bonds. The van der Waals surface area contributed by atoms with Crippen molar-refractivity contribution in [3.05, 3.63) is 58.9 Å². The Bertz CT molecular complexity index is 776. The number of nitrogens with two attached hydrogens (primary N) is 1. The summed E-state index contributed by atoms with van der Waals surface area (Å²) in [6.45, 7) is 4.13. The van der Waals surface area contributed by atoms with E-state index >= 15 is 0 Å². The number of hydrogen-bond acceptors (Lipinski definition) is 2. The summed E-state index contributed by atoms with van der Waals surface area (Å²) in [6, 6.07) is 13.9. The lowest BCUT2D eigenvalue weighted by Crippen LogP contribution is -2.09. The van der Waals surface area contributed by atoms with Crippen LogP contribution in [-0.2, 0) is 0 Å². The zero-order chi connectivity index (χ0) is 14.3. The van der Waals surface area contributed by atoms with E-state index in [2.05, 4.69) is 22.5 Å². The van der Waals surface area contributed by atoms with E-state index in [9.17, 15) is 0 Å². The number of aryl methyl sites for hydroxylation is 1. The molecule has 1 heterocycles. The molecular weight excluding hydrogens is 270 g/mol. The molecule has 1 atom stereocenters. The van der Waals surface area contributed by atoms with Crippen LogP contribution in [0.3, 0.4) is 0 Å². The zero-order valence-electron chi connectivity index (χ0n) is 11.5. The second-order valence-corrected chi connectivity index (χ2v) is 5.38. The lowest BCUT2D eigenvalue weighted by molar-refractivity contribution is 0.637. The summed E-state index contributed by atoms with van der Waals surface area (Å²) in [6.07, 6.45) is 0. The Morgan fingerprint density at radius 2 is 1.95 bits per heavy atom. The molecule has 2 aromatic carbocycles. The Balaban J connectivity index is 2.19. The first-order chi connectivity index (χ1) is 9.58. The van der Waals surface area contributed by atoms with Crippen molar-refractivity contribution in [1.82, 2.24) is 9.55 Å². The molecule has 0 bridgehead atoms. The van der Waals surface area contributed by atoms with Gasteiger partial charge in [0.05, 0.1) is 17.1 Å². The third-order valence-corrected chi connectivity index (χ3v) is 3.98. The molecule has 0 saturated carbocycles. The van der Waals surface area contributed by atoms with E-state index in [1.54, 1.807) is 0 Å². The van der Waals surface area contributed by atoms with Crippen molar-refractivity contribution in [1.29, 1.82) is 0 Å². The second kappa shape index (κ2) is 4.84. The Hall–Kier alpha value is -2.00. The largest absolute Gasteiger partial charge is 0.399 e. The molecule has 0 fully saturated rings. The molecule has 20 heavy (non-hydrogen) atoms. The summed E-state index contributed by atoms with van der Waals surface area (Å²) >= 11 is 6.31.